The number of aryl methyl sites for hydroxylation is 3. The van der Waals surface area contributed by atoms with Crippen molar-refractivity contribution in [2.75, 3.05) is 13.7 Å². The zero-order valence-corrected chi connectivity index (χ0v) is 17.2. The predicted molar refractivity (Wildman–Crippen MR) is 112 cm³/mol. The number of hydrogen-bond acceptors (Lipinski definition) is 6. The van der Waals surface area contributed by atoms with Gasteiger partial charge >= 0.3 is 0 Å². The SMILES string of the molecule is COc1ccc(-c2noc3nc(C)cc(C(=O)NCCCn4ccc(C)n4)c23)cc1. The summed E-state index contributed by atoms with van der Waals surface area (Å²) in [6, 6.07) is 11.2. The van der Waals surface area contributed by atoms with Gasteiger partial charge in [-0.2, -0.15) is 5.10 Å². The number of carbonyl (C=O) groups is 1. The molecule has 0 saturated heterocycles. The molecule has 0 saturated carbocycles. The summed E-state index contributed by atoms with van der Waals surface area (Å²) < 4.78 is 12.5. The number of nitrogens with zero attached hydrogens (tertiary/aromatic N) is 4. The van der Waals surface area contributed by atoms with Crippen LogP contribution in [-0.4, -0.2) is 39.5 Å². The number of fused-ring (bicyclic) bond motifs is 1. The molecule has 1 N–H and O–H groups in total. The molecular weight excluding hydrogens is 382 g/mol. The van der Waals surface area contributed by atoms with Gasteiger partial charge in [0.05, 0.1) is 23.8 Å². The number of amides is 1. The van der Waals surface area contributed by atoms with Crippen LogP contribution in [0.4, 0.5) is 0 Å². The summed E-state index contributed by atoms with van der Waals surface area (Å²) in [4.78, 5) is 17.3. The molecule has 154 valence electrons. The largest absolute Gasteiger partial charge is 0.497 e. The minimum atomic E-state index is -0.180. The average molecular weight is 405 g/mol. The number of carbonyl (C=O) groups excluding carboxylic acids is 1. The van der Waals surface area contributed by atoms with Gasteiger partial charge in [0.1, 0.15) is 11.4 Å². The van der Waals surface area contributed by atoms with Crippen molar-refractivity contribution in [3.05, 3.63) is 59.5 Å². The van der Waals surface area contributed by atoms with Crippen molar-refractivity contribution in [3.8, 4) is 17.0 Å². The topological polar surface area (TPSA) is 95.1 Å². The maximum absolute atomic E-state index is 13.0. The molecule has 8 nitrogen and oxygen atoms in total. The maximum Gasteiger partial charge on any atom is 0.259 e. The third-order valence-electron chi connectivity index (χ3n) is 4.81. The average Bonchev–Trinajstić information content (AvgIpc) is 3.36. The summed E-state index contributed by atoms with van der Waals surface area (Å²) in [6.07, 6.45) is 2.71. The first-order valence-corrected chi connectivity index (χ1v) is 9.75. The lowest BCUT2D eigenvalue weighted by molar-refractivity contribution is 0.0954. The Morgan fingerprint density at radius 1 is 1.17 bits per heavy atom. The van der Waals surface area contributed by atoms with Crippen LogP contribution in [-0.2, 0) is 6.54 Å². The van der Waals surface area contributed by atoms with Crippen molar-refractivity contribution in [1.82, 2.24) is 25.2 Å². The molecule has 0 aliphatic carbocycles. The fourth-order valence-electron chi connectivity index (χ4n) is 3.32. The molecule has 0 radical (unpaired) electrons. The zero-order valence-electron chi connectivity index (χ0n) is 17.2. The molecule has 4 rings (SSSR count). The lowest BCUT2D eigenvalue weighted by Crippen LogP contribution is -2.25. The Morgan fingerprint density at radius 2 is 1.97 bits per heavy atom. The van der Waals surface area contributed by atoms with Gasteiger partial charge in [-0.15, -0.1) is 0 Å². The molecule has 4 aromatic rings. The van der Waals surface area contributed by atoms with Gasteiger partial charge in [-0.05, 0) is 56.7 Å². The number of pyridine rings is 1. The van der Waals surface area contributed by atoms with E-state index in [1.54, 1.807) is 13.2 Å². The van der Waals surface area contributed by atoms with E-state index in [0.29, 0.717) is 34.6 Å². The van der Waals surface area contributed by atoms with Crippen LogP contribution in [0, 0.1) is 13.8 Å². The van der Waals surface area contributed by atoms with Gasteiger partial charge in [-0.25, -0.2) is 4.98 Å². The molecule has 0 fully saturated rings. The fourth-order valence-corrected chi connectivity index (χ4v) is 3.32. The molecular formula is C22H23N5O3. The highest BCUT2D eigenvalue weighted by Crippen LogP contribution is 2.31. The van der Waals surface area contributed by atoms with Gasteiger partial charge in [-0.1, -0.05) is 5.16 Å². The number of aromatic nitrogens is 4. The Morgan fingerprint density at radius 3 is 2.67 bits per heavy atom. The number of methoxy groups -OCH3 is 1. The lowest BCUT2D eigenvalue weighted by Gasteiger charge is -2.08. The van der Waals surface area contributed by atoms with E-state index in [2.05, 4.69) is 20.6 Å². The quantitative estimate of drug-likeness (QED) is 0.473. The summed E-state index contributed by atoms with van der Waals surface area (Å²) in [5.41, 5.74) is 3.92. The highest BCUT2D eigenvalue weighted by atomic mass is 16.5. The van der Waals surface area contributed by atoms with Crippen LogP contribution >= 0.6 is 0 Å². The summed E-state index contributed by atoms with van der Waals surface area (Å²) >= 11 is 0. The highest BCUT2D eigenvalue weighted by molar-refractivity contribution is 6.09. The van der Waals surface area contributed by atoms with E-state index in [0.717, 1.165) is 30.0 Å². The van der Waals surface area contributed by atoms with E-state index in [4.69, 9.17) is 9.26 Å². The highest BCUT2D eigenvalue weighted by Gasteiger charge is 2.20. The lowest BCUT2D eigenvalue weighted by atomic mass is 10.0. The van der Waals surface area contributed by atoms with Crippen LogP contribution in [0.25, 0.3) is 22.4 Å². The van der Waals surface area contributed by atoms with Gasteiger partial charge in [0.15, 0.2) is 0 Å². The number of ether oxygens (including phenoxy) is 1. The molecule has 1 aromatic carbocycles. The third-order valence-corrected chi connectivity index (χ3v) is 4.81. The molecule has 3 heterocycles. The molecule has 0 bridgehead atoms. The first kappa shape index (κ1) is 19.6. The van der Waals surface area contributed by atoms with Crippen molar-refractivity contribution in [3.63, 3.8) is 0 Å². The molecule has 1 amide bonds. The van der Waals surface area contributed by atoms with Crippen LogP contribution < -0.4 is 10.1 Å². The summed E-state index contributed by atoms with van der Waals surface area (Å²) in [6.45, 7) is 5.05. The molecule has 0 aliphatic rings. The number of hydrogen-bond donors (Lipinski definition) is 1. The molecule has 30 heavy (non-hydrogen) atoms. The van der Waals surface area contributed by atoms with Crippen molar-refractivity contribution in [2.45, 2.75) is 26.8 Å². The van der Waals surface area contributed by atoms with E-state index in [9.17, 15) is 4.79 Å². The van der Waals surface area contributed by atoms with Gasteiger partial charge in [-0.3, -0.25) is 9.48 Å². The number of benzene rings is 1. The smallest absolute Gasteiger partial charge is 0.259 e. The fraction of sp³-hybridized carbons (Fsp3) is 0.273. The second-order valence-corrected chi connectivity index (χ2v) is 7.08. The van der Waals surface area contributed by atoms with Crippen molar-refractivity contribution in [1.29, 1.82) is 0 Å². The zero-order chi connectivity index (χ0) is 21.1. The van der Waals surface area contributed by atoms with Crippen LogP contribution in [0.5, 0.6) is 5.75 Å². The van der Waals surface area contributed by atoms with Crippen LogP contribution in [0.15, 0.2) is 47.1 Å². The molecule has 3 aromatic heterocycles. The Bertz CT molecular complexity index is 1180. The molecule has 0 unspecified atom stereocenters. The van der Waals surface area contributed by atoms with Crippen LogP contribution in [0.3, 0.4) is 0 Å². The summed E-state index contributed by atoms with van der Waals surface area (Å²) in [7, 11) is 1.61. The van der Waals surface area contributed by atoms with Crippen molar-refractivity contribution >= 4 is 17.0 Å². The molecule has 8 heteroatoms. The number of nitrogens with one attached hydrogen (secondary N) is 1. The summed E-state index contributed by atoms with van der Waals surface area (Å²) in [5, 5.41) is 12.1. The van der Waals surface area contributed by atoms with E-state index < -0.39 is 0 Å². The van der Waals surface area contributed by atoms with Gasteiger partial charge in [0.2, 0.25) is 0 Å². The van der Waals surface area contributed by atoms with Crippen molar-refractivity contribution < 1.29 is 14.1 Å². The molecule has 0 atom stereocenters. The van der Waals surface area contributed by atoms with E-state index in [1.165, 1.54) is 0 Å². The van der Waals surface area contributed by atoms with Crippen LogP contribution in [0.1, 0.15) is 28.2 Å². The van der Waals surface area contributed by atoms with E-state index in [-0.39, 0.29) is 5.91 Å². The van der Waals surface area contributed by atoms with Gasteiger partial charge in [0, 0.05) is 30.5 Å². The predicted octanol–water partition coefficient (Wildman–Crippen LogP) is 3.53. The first-order valence-electron chi connectivity index (χ1n) is 9.75. The summed E-state index contributed by atoms with van der Waals surface area (Å²) in [5.74, 6) is 0.561. The van der Waals surface area contributed by atoms with Crippen molar-refractivity contribution in [2.24, 2.45) is 0 Å². The monoisotopic (exact) mass is 405 g/mol. The number of rotatable bonds is 7. The van der Waals surface area contributed by atoms with Gasteiger partial charge < -0.3 is 14.6 Å². The van der Waals surface area contributed by atoms with E-state index in [1.807, 2.05) is 55.1 Å². The minimum Gasteiger partial charge on any atom is -0.497 e. The Labute approximate surface area is 173 Å². The minimum absolute atomic E-state index is 0.180. The molecule has 0 aliphatic heterocycles. The second kappa shape index (κ2) is 8.36. The maximum atomic E-state index is 13.0. The van der Waals surface area contributed by atoms with Gasteiger partial charge in [0.25, 0.3) is 11.6 Å². The van der Waals surface area contributed by atoms with Crippen LogP contribution in [0.2, 0.25) is 0 Å². The third kappa shape index (κ3) is 4.03. The van der Waals surface area contributed by atoms with E-state index >= 15 is 0 Å². The first-order chi connectivity index (χ1) is 14.5. The Balaban J connectivity index is 1.56. The molecule has 0 spiro atoms. The second-order valence-electron chi connectivity index (χ2n) is 7.08. The normalized spacial score (nSPS) is 11.0. The standard InChI is InChI=1S/C22H23N5O3/c1-14-9-12-27(25-14)11-4-10-23-21(28)18-13-15(2)24-22-19(18)20(26-30-22)16-5-7-17(29-3)8-6-16/h5-9,12-13H,4,10-11H2,1-3H3,(H,23,28). The Hall–Kier alpha value is -3.68. The Kier molecular flexibility index (Phi) is 5.47.